The molecule has 5 rings (SSSR count). The minimum atomic E-state index is -2.81. The Bertz CT molecular complexity index is 1490. The zero-order valence-corrected chi connectivity index (χ0v) is 24.1. The van der Waals surface area contributed by atoms with Crippen molar-refractivity contribution in [2.75, 3.05) is 43.2 Å². The molecule has 42 heavy (non-hydrogen) atoms. The molecule has 0 unspecified atom stereocenters. The van der Waals surface area contributed by atoms with Gasteiger partial charge in [-0.15, -0.1) is 0 Å². The Hall–Kier alpha value is -4.32. The van der Waals surface area contributed by atoms with Crippen molar-refractivity contribution in [1.29, 1.82) is 0 Å². The summed E-state index contributed by atoms with van der Waals surface area (Å²) in [6.45, 7) is 5.68. The minimum absolute atomic E-state index is 0.0386. The Balaban J connectivity index is 1.33. The number of alkyl halides is 2. The Morgan fingerprint density at radius 1 is 1.21 bits per heavy atom. The van der Waals surface area contributed by atoms with E-state index in [0.29, 0.717) is 22.7 Å². The molecule has 1 saturated heterocycles. The number of hydrogen-bond acceptors (Lipinski definition) is 8. The van der Waals surface area contributed by atoms with Gasteiger partial charge in [0.1, 0.15) is 11.6 Å². The number of rotatable bonds is 9. The number of amides is 2. The predicted molar refractivity (Wildman–Crippen MR) is 157 cm³/mol. The molecule has 0 aliphatic carbocycles. The van der Waals surface area contributed by atoms with E-state index in [9.17, 15) is 18.4 Å². The zero-order valence-electron chi connectivity index (χ0n) is 24.1. The highest BCUT2D eigenvalue weighted by Gasteiger charge is 2.40. The molecule has 1 aromatic heterocycles. The van der Waals surface area contributed by atoms with Gasteiger partial charge >= 0.3 is 0 Å². The van der Waals surface area contributed by atoms with E-state index in [0.717, 1.165) is 43.3 Å². The Morgan fingerprint density at radius 3 is 2.69 bits per heavy atom. The molecular weight excluding hydrogens is 544 g/mol. The number of benzene rings is 2. The molecule has 2 aromatic carbocycles. The number of hydrogen-bond donors (Lipinski definition) is 4. The van der Waals surface area contributed by atoms with Gasteiger partial charge in [0.15, 0.2) is 0 Å². The summed E-state index contributed by atoms with van der Waals surface area (Å²) in [5, 5.41) is 12.0. The molecule has 2 aliphatic heterocycles. The molecule has 0 bridgehead atoms. The van der Waals surface area contributed by atoms with E-state index in [4.69, 9.17) is 4.74 Å². The second kappa shape index (κ2) is 11.9. The van der Waals surface area contributed by atoms with Gasteiger partial charge < -0.3 is 30.9 Å². The van der Waals surface area contributed by atoms with Gasteiger partial charge in [0, 0.05) is 30.0 Å². The summed E-state index contributed by atoms with van der Waals surface area (Å²) in [7, 11) is 3.54. The van der Waals surface area contributed by atoms with Crippen molar-refractivity contribution in [3.05, 3.63) is 64.8 Å². The van der Waals surface area contributed by atoms with Gasteiger partial charge in [-0.1, -0.05) is 12.1 Å². The van der Waals surface area contributed by atoms with E-state index in [1.54, 1.807) is 18.2 Å². The highest BCUT2D eigenvalue weighted by Crippen LogP contribution is 2.40. The molecule has 4 N–H and O–H groups in total. The smallest absolute Gasteiger partial charge is 0.268 e. The standard InChI is InChI=1S/C30H35F2N7O3/c1-30(2)24-18(6-5-7-22(24)36-28(30)41)15-33-26-20(25(31)32)16-34-29(38-26)37-21-9-8-17(14-23(21)42-4)27(40)35-19-10-12-39(3)13-11-19/h5-9,14,16,19,25H,10-13,15H2,1-4H3,(H,35,40)(H,36,41)(H2,33,34,37,38). The molecule has 0 spiro atoms. The number of anilines is 4. The lowest BCUT2D eigenvalue weighted by molar-refractivity contribution is -0.119. The number of ether oxygens (including phenoxy) is 1. The van der Waals surface area contributed by atoms with Gasteiger partial charge in [-0.3, -0.25) is 9.59 Å². The number of aromatic nitrogens is 2. The van der Waals surface area contributed by atoms with E-state index in [2.05, 4.69) is 43.2 Å². The van der Waals surface area contributed by atoms with Crippen molar-refractivity contribution >= 4 is 35.0 Å². The second-order valence-electron chi connectivity index (χ2n) is 11.2. The summed E-state index contributed by atoms with van der Waals surface area (Å²) in [4.78, 5) is 36.0. The first-order valence-electron chi connectivity index (χ1n) is 13.8. The first kappa shape index (κ1) is 29.2. The molecule has 10 nitrogen and oxygen atoms in total. The average Bonchev–Trinajstić information content (AvgIpc) is 3.21. The molecule has 1 fully saturated rings. The molecule has 2 amide bonds. The van der Waals surface area contributed by atoms with Crippen molar-refractivity contribution in [2.45, 2.75) is 51.1 Å². The summed E-state index contributed by atoms with van der Waals surface area (Å²) in [6.07, 6.45) is 0.0457. The van der Waals surface area contributed by atoms with Crippen LogP contribution in [0.5, 0.6) is 5.75 Å². The number of carbonyl (C=O) groups excluding carboxylic acids is 2. The van der Waals surface area contributed by atoms with Crippen LogP contribution in [0.2, 0.25) is 0 Å². The lowest BCUT2D eigenvalue weighted by Gasteiger charge is -2.29. The molecule has 0 atom stereocenters. The summed E-state index contributed by atoms with van der Waals surface area (Å²) in [5.41, 5.74) is 2.12. The van der Waals surface area contributed by atoms with Crippen molar-refractivity contribution in [2.24, 2.45) is 0 Å². The monoisotopic (exact) mass is 579 g/mol. The maximum Gasteiger partial charge on any atom is 0.268 e. The number of methoxy groups -OCH3 is 1. The van der Waals surface area contributed by atoms with Gasteiger partial charge in [-0.2, -0.15) is 4.98 Å². The van der Waals surface area contributed by atoms with E-state index < -0.39 is 11.8 Å². The van der Waals surface area contributed by atoms with E-state index in [1.807, 2.05) is 32.0 Å². The van der Waals surface area contributed by atoms with Crippen LogP contribution in [0.4, 0.5) is 31.9 Å². The number of fused-ring (bicyclic) bond motifs is 1. The maximum atomic E-state index is 13.9. The fraction of sp³-hybridized carbons (Fsp3) is 0.400. The van der Waals surface area contributed by atoms with Crippen LogP contribution in [0.25, 0.3) is 0 Å². The van der Waals surface area contributed by atoms with Crippen molar-refractivity contribution in [1.82, 2.24) is 20.2 Å². The van der Waals surface area contributed by atoms with Gasteiger partial charge in [0.2, 0.25) is 11.9 Å². The lowest BCUT2D eigenvalue weighted by atomic mass is 9.83. The third kappa shape index (κ3) is 5.98. The largest absolute Gasteiger partial charge is 0.495 e. The van der Waals surface area contributed by atoms with Gasteiger partial charge in [0.05, 0.1) is 23.8 Å². The predicted octanol–water partition coefficient (Wildman–Crippen LogP) is 4.83. The minimum Gasteiger partial charge on any atom is -0.495 e. The Morgan fingerprint density at radius 2 is 1.98 bits per heavy atom. The molecule has 0 radical (unpaired) electrons. The highest BCUT2D eigenvalue weighted by atomic mass is 19.3. The lowest BCUT2D eigenvalue weighted by Crippen LogP contribution is -2.43. The van der Waals surface area contributed by atoms with E-state index >= 15 is 0 Å². The second-order valence-corrected chi connectivity index (χ2v) is 11.2. The maximum absolute atomic E-state index is 13.9. The van der Waals surface area contributed by atoms with Gasteiger partial charge in [-0.05, 0) is 82.2 Å². The molecule has 2 aliphatic rings. The molecule has 3 heterocycles. The number of nitrogens with one attached hydrogen (secondary N) is 4. The van der Waals surface area contributed by atoms with Gasteiger partial charge in [0.25, 0.3) is 12.3 Å². The van der Waals surface area contributed by atoms with E-state index in [1.165, 1.54) is 7.11 Å². The number of nitrogens with zero attached hydrogens (tertiary/aromatic N) is 3. The number of piperidine rings is 1. The number of likely N-dealkylation sites (tertiary alicyclic amines) is 1. The summed E-state index contributed by atoms with van der Waals surface area (Å²) >= 11 is 0. The van der Waals surface area contributed by atoms with Crippen LogP contribution in [0.1, 0.15) is 60.2 Å². The van der Waals surface area contributed by atoms with E-state index in [-0.39, 0.29) is 41.7 Å². The summed E-state index contributed by atoms with van der Waals surface area (Å²) in [6, 6.07) is 10.5. The van der Waals surface area contributed by atoms with Crippen LogP contribution < -0.4 is 26.0 Å². The fourth-order valence-electron chi connectivity index (χ4n) is 5.39. The molecule has 3 aromatic rings. The van der Waals surface area contributed by atoms with Crippen LogP contribution in [-0.2, 0) is 16.8 Å². The Kier molecular flexibility index (Phi) is 8.26. The first-order valence-corrected chi connectivity index (χ1v) is 13.8. The number of halogens is 2. The van der Waals surface area contributed by atoms with Crippen LogP contribution >= 0.6 is 0 Å². The number of carbonyl (C=O) groups is 2. The summed E-state index contributed by atoms with van der Waals surface area (Å²) in [5.74, 6) is 0.0979. The van der Waals surface area contributed by atoms with Crippen molar-refractivity contribution in [3.63, 3.8) is 0 Å². The topological polar surface area (TPSA) is 121 Å². The van der Waals surface area contributed by atoms with Crippen LogP contribution in [0, 0.1) is 0 Å². The zero-order chi connectivity index (χ0) is 30.0. The highest BCUT2D eigenvalue weighted by molar-refractivity contribution is 6.06. The summed E-state index contributed by atoms with van der Waals surface area (Å²) < 4.78 is 33.3. The SMILES string of the molecule is COc1cc(C(=O)NC2CCN(C)CC2)ccc1Nc1ncc(C(F)F)c(NCc2cccc3c2C(C)(C)C(=O)N3)n1. The normalized spacial score (nSPS) is 16.6. The van der Waals surface area contributed by atoms with Crippen LogP contribution in [-0.4, -0.2) is 60.0 Å². The third-order valence-electron chi connectivity index (χ3n) is 7.85. The quantitative estimate of drug-likeness (QED) is 0.285. The Labute approximate surface area is 243 Å². The average molecular weight is 580 g/mol. The van der Waals surface area contributed by atoms with Gasteiger partial charge in [-0.25, -0.2) is 13.8 Å². The van der Waals surface area contributed by atoms with Crippen LogP contribution in [0.15, 0.2) is 42.6 Å². The van der Waals surface area contributed by atoms with Crippen molar-refractivity contribution < 1.29 is 23.1 Å². The molecule has 12 heteroatoms. The van der Waals surface area contributed by atoms with Crippen LogP contribution in [0.3, 0.4) is 0 Å². The third-order valence-corrected chi connectivity index (χ3v) is 7.85. The first-order chi connectivity index (χ1) is 20.1. The fourth-order valence-corrected chi connectivity index (χ4v) is 5.39. The van der Waals surface area contributed by atoms with Crippen molar-refractivity contribution in [3.8, 4) is 5.75 Å². The molecule has 222 valence electrons. The molecule has 0 saturated carbocycles. The molecular formula is C30H35F2N7O3.